The molecule has 1 rings (SSSR count). The minimum atomic E-state index is -2.66. The molecule has 0 bridgehead atoms. The van der Waals surface area contributed by atoms with Gasteiger partial charge >= 0.3 is 0 Å². The van der Waals surface area contributed by atoms with E-state index in [2.05, 4.69) is 5.32 Å². The quantitative estimate of drug-likeness (QED) is 0.775. The standard InChI is InChI=1S/C9H15F2NO2S/c1-3-12-8(13)6(2)15(14)5-7-4-9(7,10)11/h6-7H,3-5H2,1-2H3,(H,12,13). The van der Waals surface area contributed by atoms with Crippen LogP contribution in [-0.4, -0.2) is 33.6 Å². The summed E-state index contributed by atoms with van der Waals surface area (Å²) in [6, 6.07) is 0. The molecule has 3 atom stereocenters. The number of hydrogen-bond donors (Lipinski definition) is 1. The number of carbonyl (C=O) groups excluding carboxylic acids is 1. The molecule has 3 nitrogen and oxygen atoms in total. The fourth-order valence-corrected chi connectivity index (χ4v) is 2.60. The van der Waals surface area contributed by atoms with Crippen molar-refractivity contribution in [2.24, 2.45) is 5.92 Å². The van der Waals surface area contributed by atoms with Crippen molar-refractivity contribution < 1.29 is 17.8 Å². The summed E-state index contributed by atoms with van der Waals surface area (Å²) < 4.78 is 36.6. The summed E-state index contributed by atoms with van der Waals surface area (Å²) in [7, 11) is -1.50. The molecule has 15 heavy (non-hydrogen) atoms. The Morgan fingerprint density at radius 2 is 2.20 bits per heavy atom. The van der Waals surface area contributed by atoms with Gasteiger partial charge in [-0.25, -0.2) is 8.78 Å². The number of hydrogen-bond acceptors (Lipinski definition) is 2. The molecule has 0 heterocycles. The van der Waals surface area contributed by atoms with Crippen LogP contribution in [0.1, 0.15) is 20.3 Å². The fraction of sp³-hybridized carbons (Fsp3) is 0.889. The highest BCUT2D eigenvalue weighted by Gasteiger charge is 2.57. The highest BCUT2D eigenvalue weighted by Crippen LogP contribution is 2.49. The van der Waals surface area contributed by atoms with Gasteiger partial charge in [-0.3, -0.25) is 9.00 Å². The maximum absolute atomic E-state index is 12.5. The first-order valence-corrected chi connectivity index (χ1v) is 6.29. The minimum Gasteiger partial charge on any atom is -0.355 e. The number of carbonyl (C=O) groups is 1. The van der Waals surface area contributed by atoms with Crippen LogP contribution in [-0.2, 0) is 15.6 Å². The third-order valence-electron chi connectivity index (χ3n) is 2.44. The maximum Gasteiger partial charge on any atom is 0.252 e. The van der Waals surface area contributed by atoms with E-state index in [0.29, 0.717) is 6.54 Å². The summed E-state index contributed by atoms with van der Waals surface area (Å²) in [5.74, 6) is -3.86. The molecule has 1 saturated carbocycles. The molecule has 6 heteroatoms. The molecule has 0 aromatic rings. The zero-order valence-electron chi connectivity index (χ0n) is 8.76. The lowest BCUT2D eigenvalue weighted by Gasteiger charge is -2.10. The first-order valence-electron chi connectivity index (χ1n) is 4.91. The topological polar surface area (TPSA) is 46.2 Å². The van der Waals surface area contributed by atoms with Crippen LogP contribution in [0, 0.1) is 5.92 Å². The van der Waals surface area contributed by atoms with E-state index < -0.39 is 27.9 Å². The van der Waals surface area contributed by atoms with Gasteiger partial charge in [0, 0.05) is 35.4 Å². The van der Waals surface area contributed by atoms with Crippen molar-refractivity contribution in [2.75, 3.05) is 12.3 Å². The van der Waals surface area contributed by atoms with Crippen LogP contribution in [0.2, 0.25) is 0 Å². The number of rotatable bonds is 5. The first kappa shape index (κ1) is 12.5. The molecule has 1 fully saturated rings. The van der Waals surface area contributed by atoms with E-state index in [9.17, 15) is 17.8 Å². The van der Waals surface area contributed by atoms with Crippen molar-refractivity contribution in [3.63, 3.8) is 0 Å². The Morgan fingerprint density at radius 1 is 1.67 bits per heavy atom. The average molecular weight is 239 g/mol. The van der Waals surface area contributed by atoms with Crippen molar-refractivity contribution in [3.05, 3.63) is 0 Å². The smallest absolute Gasteiger partial charge is 0.252 e. The van der Waals surface area contributed by atoms with Crippen LogP contribution in [0.4, 0.5) is 8.78 Å². The molecule has 88 valence electrons. The van der Waals surface area contributed by atoms with Crippen molar-refractivity contribution in [1.29, 1.82) is 0 Å². The molecule has 1 aliphatic carbocycles. The van der Waals surface area contributed by atoms with E-state index >= 15 is 0 Å². The van der Waals surface area contributed by atoms with Gasteiger partial charge in [-0.1, -0.05) is 0 Å². The second kappa shape index (κ2) is 4.55. The van der Waals surface area contributed by atoms with Crippen molar-refractivity contribution in [3.8, 4) is 0 Å². The molecule has 1 amide bonds. The molecule has 0 aromatic carbocycles. The van der Waals surface area contributed by atoms with Crippen LogP contribution in [0.5, 0.6) is 0 Å². The highest BCUT2D eigenvalue weighted by molar-refractivity contribution is 7.86. The van der Waals surface area contributed by atoms with Gasteiger partial charge < -0.3 is 5.32 Å². The lowest BCUT2D eigenvalue weighted by molar-refractivity contribution is -0.120. The van der Waals surface area contributed by atoms with Gasteiger partial charge in [-0.05, 0) is 13.8 Å². The van der Waals surface area contributed by atoms with Crippen LogP contribution < -0.4 is 5.32 Å². The zero-order valence-corrected chi connectivity index (χ0v) is 9.57. The molecular formula is C9H15F2NO2S. The second-order valence-corrected chi connectivity index (χ2v) is 5.55. The van der Waals surface area contributed by atoms with E-state index in [-0.39, 0.29) is 18.1 Å². The molecule has 0 spiro atoms. The first-order chi connectivity index (χ1) is 6.88. The Labute approximate surface area is 90.1 Å². The van der Waals surface area contributed by atoms with E-state index in [1.165, 1.54) is 6.92 Å². The van der Waals surface area contributed by atoms with Crippen LogP contribution in [0.25, 0.3) is 0 Å². The van der Waals surface area contributed by atoms with Crippen molar-refractivity contribution in [2.45, 2.75) is 31.4 Å². The molecule has 0 aliphatic heterocycles. The molecule has 1 N–H and O–H groups in total. The van der Waals surface area contributed by atoms with Gasteiger partial charge in [0.2, 0.25) is 5.91 Å². The predicted octanol–water partition coefficient (Wildman–Crippen LogP) is 0.915. The Hall–Kier alpha value is -0.520. The summed E-state index contributed by atoms with van der Waals surface area (Å²) in [4.78, 5) is 11.3. The largest absolute Gasteiger partial charge is 0.355 e. The minimum absolute atomic E-state index is 0.0781. The maximum atomic E-state index is 12.5. The van der Waals surface area contributed by atoms with E-state index in [0.717, 1.165) is 0 Å². The molecule has 0 aromatic heterocycles. The van der Waals surface area contributed by atoms with E-state index in [4.69, 9.17) is 0 Å². The van der Waals surface area contributed by atoms with Crippen LogP contribution in [0.3, 0.4) is 0 Å². The predicted molar refractivity (Wildman–Crippen MR) is 54.2 cm³/mol. The van der Waals surface area contributed by atoms with Crippen LogP contribution >= 0.6 is 0 Å². The third kappa shape index (κ3) is 3.22. The highest BCUT2D eigenvalue weighted by atomic mass is 32.2. The van der Waals surface area contributed by atoms with Crippen molar-refractivity contribution in [1.82, 2.24) is 5.32 Å². The monoisotopic (exact) mass is 239 g/mol. The number of nitrogens with one attached hydrogen (secondary N) is 1. The zero-order chi connectivity index (χ0) is 11.6. The second-order valence-electron chi connectivity index (χ2n) is 3.75. The van der Waals surface area contributed by atoms with Crippen LogP contribution in [0.15, 0.2) is 0 Å². The Kier molecular flexibility index (Phi) is 3.81. The molecule has 0 saturated heterocycles. The lowest BCUT2D eigenvalue weighted by Crippen LogP contribution is -2.36. The van der Waals surface area contributed by atoms with Gasteiger partial charge in [0.05, 0.1) is 0 Å². The number of amides is 1. The van der Waals surface area contributed by atoms with E-state index in [1.54, 1.807) is 6.92 Å². The van der Waals surface area contributed by atoms with E-state index in [1.807, 2.05) is 0 Å². The molecule has 3 unspecified atom stereocenters. The van der Waals surface area contributed by atoms with Crippen molar-refractivity contribution >= 4 is 16.7 Å². The third-order valence-corrected chi connectivity index (χ3v) is 4.17. The van der Waals surface area contributed by atoms with Gasteiger partial charge in [-0.2, -0.15) is 0 Å². The number of alkyl halides is 2. The summed E-state index contributed by atoms with van der Waals surface area (Å²) >= 11 is 0. The fourth-order valence-electron chi connectivity index (χ4n) is 1.23. The number of halogens is 2. The Bertz CT molecular complexity index is 283. The summed E-state index contributed by atoms with van der Waals surface area (Å²) in [6.45, 7) is 3.71. The molecular weight excluding hydrogens is 224 g/mol. The summed E-state index contributed by atoms with van der Waals surface area (Å²) in [5.41, 5.74) is 0. The summed E-state index contributed by atoms with van der Waals surface area (Å²) in [6.07, 6.45) is -0.194. The Morgan fingerprint density at radius 3 is 2.60 bits per heavy atom. The summed E-state index contributed by atoms with van der Waals surface area (Å²) in [5, 5.41) is 1.81. The molecule has 1 aliphatic rings. The Balaban J connectivity index is 2.37. The van der Waals surface area contributed by atoms with Gasteiger partial charge in [0.1, 0.15) is 5.25 Å². The lowest BCUT2D eigenvalue weighted by atomic mass is 10.4. The average Bonchev–Trinajstić information content (AvgIpc) is 2.72. The SMILES string of the molecule is CCNC(=O)C(C)S(=O)CC1CC1(F)F. The van der Waals surface area contributed by atoms with Gasteiger partial charge in [-0.15, -0.1) is 0 Å². The normalized spacial score (nSPS) is 26.8. The van der Waals surface area contributed by atoms with Gasteiger partial charge in [0.25, 0.3) is 5.92 Å². The molecule has 0 radical (unpaired) electrons. The van der Waals surface area contributed by atoms with Gasteiger partial charge in [0.15, 0.2) is 0 Å².